The predicted octanol–water partition coefficient (Wildman–Crippen LogP) is 3.92. The van der Waals surface area contributed by atoms with Gasteiger partial charge in [0.1, 0.15) is 11.3 Å². The average Bonchev–Trinajstić information content (AvgIpc) is 2.75. The van der Waals surface area contributed by atoms with Crippen LogP contribution in [-0.2, 0) is 0 Å². The van der Waals surface area contributed by atoms with Crippen molar-refractivity contribution >= 4 is 17.7 Å². The molecule has 2 heterocycles. The zero-order valence-corrected chi connectivity index (χ0v) is 14.7. The molecule has 1 aromatic carbocycles. The molecule has 0 spiro atoms. The van der Waals surface area contributed by atoms with Crippen LogP contribution in [0.3, 0.4) is 0 Å². The van der Waals surface area contributed by atoms with Crippen molar-refractivity contribution in [3.05, 3.63) is 52.4 Å². The highest BCUT2D eigenvalue weighted by atomic mass is 32.2. The molecular weight excluding hydrogens is 308 g/mol. The summed E-state index contributed by atoms with van der Waals surface area (Å²) in [6.07, 6.45) is 0.977. The molecular formula is C18H22N2O2S. The van der Waals surface area contributed by atoms with Gasteiger partial charge in [0.25, 0.3) is 5.91 Å². The molecule has 1 aliphatic rings. The summed E-state index contributed by atoms with van der Waals surface area (Å²) in [5.41, 5.74) is 4.03. The zero-order chi connectivity index (χ0) is 16.4. The van der Waals surface area contributed by atoms with Gasteiger partial charge in [0.15, 0.2) is 0 Å². The first-order valence-electron chi connectivity index (χ1n) is 7.97. The number of rotatable bonds is 2. The van der Waals surface area contributed by atoms with Gasteiger partial charge in [-0.3, -0.25) is 4.79 Å². The smallest absolute Gasteiger partial charge is 0.259 e. The molecule has 0 saturated carbocycles. The molecule has 1 aromatic heterocycles. The summed E-state index contributed by atoms with van der Waals surface area (Å²) in [5, 5.41) is 4.36. The third-order valence-electron chi connectivity index (χ3n) is 4.41. The maximum atomic E-state index is 12.8. The number of nitrogens with zero attached hydrogens (tertiary/aromatic N) is 2. The van der Waals surface area contributed by atoms with Crippen LogP contribution in [0.15, 0.2) is 28.8 Å². The first-order valence-corrected chi connectivity index (χ1v) is 9.02. The van der Waals surface area contributed by atoms with Crippen molar-refractivity contribution in [1.29, 1.82) is 0 Å². The van der Waals surface area contributed by atoms with Gasteiger partial charge in [-0.15, -0.1) is 0 Å². The molecule has 1 aliphatic heterocycles. The van der Waals surface area contributed by atoms with Crippen LogP contribution in [0.4, 0.5) is 0 Å². The number of aromatic nitrogens is 1. The lowest BCUT2D eigenvalue weighted by molar-refractivity contribution is 0.0764. The SMILES string of the molecule is Cc1ccccc1[C@H]1CCN(C(=O)c2c(C)noc2C)CCS1. The Morgan fingerprint density at radius 2 is 2.04 bits per heavy atom. The van der Waals surface area contributed by atoms with Gasteiger partial charge in [0.05, 0.1) is 5.69 Å². The molecule has 1 atom stereocenters. The maximum Gasteiger partial charge on any atom is 0.259 e. The molecule has 122 valence electrons. The van der Waals surface area contributed by atoms with Gasteiger partial charge in [-0.05, 0) is 38.3 Å². The van der Waals surface area contributed by atoms with Crippen LogP contribution in [-0.4, -0.2) is 34.8 Å². The van der Waals surface area contributed by atoms with Crippen molar-refractivity contribution in [2.24, 2.45) is 0 Å². The van der Waals surface area contributed by atoms with E-state index in [2.05, 4.69) is 36.3 Å². The molecule has 1 fully saturated rings. The average molecular weight is 330 g/mol. The summed E-state index contributed by atoms with van der Waals surface area (Å²) >= 11 is 1.95. The Kier molecular flexibility index (Phi) is 4.76. The Bertz CT molecular complexity index is 691. The van der Waals surface area contributed by atoms with Crippen LogP contribution < -0.4 is 0 Å². The normalized spacial score (nSPS) is 18.7. The molecule has 1 saturated heterocycles. The van der Waals surface area contributed by atoms with Crippen molar-refractivity contribution < 1.29 is 9.32 Å². The Hall–Kier alpha value is -1.75. The van der Waals surface area contributed by atoms with Crippen LogP contribution in [0.2, 0.25) is 0 Å². The van der Waals surface area contributed by atoms with Crippen molar-refractivity contribution in [2.45, 2.75) is 32.4 Å². The minimum absolute atomic E-state index is 0.0484. The summed E-state index contributed by atoms with van der Waals surface area (Å²) in [6, 6.07) is 8.54. The number of amides is 1. The Morgan fingerprint density at radius 3 is 2.74 bits per heavy atom. The second kappa shape index (κ2) is 6.79. The Morgan fingerprint density at radius 1 is 1.26 bits per heavy atom. The molecule has 1 amide bonds. The highest BCUT2D eigenvalue weighted by Crippen LogP contribution is 2.36. The van der Waals surface area contributed by atoms with Gasteiger partial charge in [-0.1, -0.05) is 29.4 Å². The topological polar surface area (TPSA) is 46.3 Å². The Labute approximate surface area is 141 Å². The van der Waals surface area contributed by atoms with Gasteiger partial charge in [0.2, 0.25) is 0 Å². The van der Waals surface area contributed by atoms with Crippen molar-refractivity contribution in [2.75, 3.05) is 18.8 Å². The van der Waals surface area contributed by atoms with E-state index in [9.17, 15) is 4.79 Å². The largest absolute Gasteiger partial charge is 0.361 e. The van der Waals surface area contributed by atoms with E-state index in [1.807, 2.05) is 23.6 Å². The summed E-state index contributed by atoms with van der Waals surface area (Å²) in [4.78, 5) is 14.7. The van der Waals surface area contributed by atoms with Crippen LogP contribution in [0.25, 0.3) is 0 Å². The minimum atomic E-state index is 0.0484. The van der Waals surface area contributed by atoms with E-state index in [0.717, 1.165) is 25.3 Å². The number of benzene rings is 1. The van der Waals surface area contributed by atoms with Gasteiger partial charge in [-0.2, -0.15) is 11.8 Å². The predicted molar refractivity (Wildman–Crippen MR) is 92.9 cm³/mol. The molecule has 23 heavy (non-hydrogen) atoms. The van der Waals surface area contributed by atoms with E-state index in [-0.39, 0.29) is 5.91 Å². The molecule has 4 nitrogen and oxygen atoms in total. The van der Waals surface area contributed by atoms with Gasteiger partial charge in [-0.25, -0.2) is 0 Å². The minimum Gasteiger partial charge on any atom is -0.361 e. The fourth-order valence-corrected chi connectivity index (χ4v) is 4.44. The lowest BCUT2D eigenvalue weighted by atomic mass is 10.0. The second-order valence-corrected chi connectivity index (χ2v) is 7.31. The summed E-state index contributed by atoms with van der Waals surface area (Å²) in [7, 11) is 0. The highest BCUT2D eigenvalue weighted by molar-refractivity contribution is 7.99. The van der Waals surface area contributed by atoms with Crippen LogP contribution >= 0.6 is 11.8 Å². The molecule has 0 radical (unpaired) electrons. The van der Waals surface area contributed by atoms with E-state index in [4.69, 9.17) is 4.52 Å². The number of aryl methyl sites for hydroxylation is 3. The Balaban J connectivity index is 1.74. The third-order valence-corrected chi connectivity index (χ3v) is 5.72. The fraction of sp³-hybridized carbons (Fsp3) is 0.444. The second-order valence-electron chi connectivity index (χ2n) is 6.00. The van der Waals surface area contributed by atoms with E-state index in [1.165, 1.54) is 11.1 Å². The molecule has 2 aromatic rings. The first-order chi connectivity index (χ1) is 11.1. The third kappa shape index (κ3) is 3.29. The van der Waals surface area contributed by atoms with Crippen LogP contribution in [0.1, 0.15) is 44.6 Å². The molecule has 0 unspecified atom stereocenters. The van der Waals surface area contributed by atoms with Gasteiger partial charge >= 0.3 is 0 Å². The number of hydrogen-bond acceptors (Lipinski definition) is 4. The summed E-state index contributed by atoms with van der Waals surface area (Å²) < 4.78 is 5.14. The van der Waals surface area contributed by atoms with Crippen LogP contribution in [0, 0.1) is 20.8 Å². The highest BCUT2D eigenvalue weighted by Gasteiger charge is 2.27. The van der Waals surface area contributed by atoms with E-state index in [1.54, 1.807) is 6.92 Å². The van der Waals surface area contributed by atoms with E-state index < -0.39 is 0 Å². The number of carbonyl (C=O) groups is 1. The quantitative estimate of drug-likeness (QED) is 0.837. The van der Waals surface area contributed by atoms with Crippen molar-refractivity contribution in [3.8, 4) is 0 Å². The zero-order valence-electron chi connectivity index (χ0n) is 13.8. The molecule has 0 N–H and O–H groups in total. The summed E-state index contributed by atoms with van der Waals surface area (Å²) in [6.45, 7) is 7.33. The van der Waals surface area contributed by atoms with Gasteiger partial charge < -0.3 is 9.42 Å². The molecule has 0 bridgehead atoms. The van der Waals surface area contributed by atoms with E-state index >= 15 is 0 Å². The van der Waals surface area contributed by atoms with Crippen LogP contribution in [0.5, 0.6) is 0 Å². The monoisotopic (exact) mass is 330 g/mol. The lowest BCUT2D eigenvalue weighted by Crippen LogP contribution is -2.33. The summed E-state index contributed by atoms with van der Waals surface area (Å²) in [5.74, 6) is 1.61. The lowest BCUT2D eigenvalue weighted by Gasteiger charge is -2.20. The number of carbonyl (C=O) groups excluding carboxylic acids is 1. The molecule has 3 rings (SSSR count). The number of hydrogen-bond donors (Lipinski definition) is 0. The van der Waals surface area contributed by atoms with Gasteiger partial charge in [0, 0.05) is 24.1 Å². The standard InChI is InChI=1S/C18H22N2O2S/c1-12-6-4-5-7-15(12)16-8-9-20(10-11-23-16)18(21)17-13(2)19-22-14(17)3/h4-7,16H,8-11H2,1-3H3/t16-/m1/s1. The number of thioether (sulfide) groups is 1. The van der Waals surface area contributed by atoms with Crippen molar-refractivity contribution in [1.82, 2.24) is 10.1 Å². The maximum absolute atomic E-state index is 12.8. The molecule has 5 heteroatoms. The van der Waals surface area contributed by atoms with E-state index in [0.29, 0.717) is 22.3 Å². The fourth-order valence-electron chi connectivity index (χ4n) is 3.12. The molecule has 0 aliphatic carbocycles. The van der Waals surface area contributed by atoms with Crippen molar-refractivity contribution in [3.63, 3.8) is 0 Å². The first kappa shape index (κ1) is 16.1.